The lowest BCUT2D eigenvalue weighted by molar-refractivity contribution is 0.0696. The number of rotatable bonds is 3. The zero-order valence-corrected chi connectivity index (χ0v) is 12.0. The number of nitrogens with one attached hydrogen (secondary N) is 2. The van der Waals surface area contributed by atoms with Gasteiger partial charge in [-0.05, 0) is 41.8 Å². The first-order valence-corrected chi connectivity index (χ1v) is 6.84. The van der Waals surface area contributed by atoms with Gasteiger partial charge in [-0.3, -0.25) is 4.79 Å². The first kappa shape index (κ1) is 14.2. The molecule has 22 heavy (non-hydrogen) atoms. The van der Waals surface area contributed by atoms with E-state index in [0.717, 1.165) is 10.9 Å². The summed E-state index contributed by atoms with van der Waals surface area (Å²) in [6.45, 7) is 0. The minimum absolute atomic E-state index is 0.0562. The van der Waals surface area contributed by atoms with Gasteiger partial charge in [0.25, 0.3) is 5.91 Å². The zero-order chi connectivity index (χ0) is 15.7. The number of hydrogen-bond donors (Lipinski definition) is 3. The Kier molecular flexibility index (Phi) is 3.56. The summed E-state index contributed by atoms with van der Waals surface area (Å²) in [5.74, 6) is -1.47. The van der Waals surface area contributed by atoms with Crippen molar-refractivity contribution in [2.75, 3.05) is 5.32 Å². The number of fused-ring (bicyclic) bond motifs is 1. The molecular formula is C16H11ClN2O3. The van der Waals surface area contributed by atoms with Gasteiger partial charge in [-0.2, -0.15) is 0 Å². The third kappa shape index (κ3) is 2.66. The van der Waals surface area contributed by atoms with E-state index in [0.29, 0.717) is 11.3 Å². The molecule has 0 radical (unpaired) electrons. The highest BCUT2D eigenvalue weighted by Crippen LogP contribution is 2.21. The molecule has 6 heteroatoms. The number of carboxylic acids is 1. The quantitative estimate of drug-likeness (QED) is 0.688. The van der Waals surface area contributed by atoms with E-state index in [1.165, 1.54) is 12.1 Å². The van der Waals surface area contributed by atoms with Gasteiger partial charge < -0.3 is 15.4 Å². The lowest BCUT2D eigenvalue weighted by Gasteiger charge is -2.07. The van der Waals surface area contributed by atoms with Crippen molar-refractivity contribution < 1.29 is 14.7 Å². The van der Waals surface area contributed by atoms with Crippen LogP contribution in [0.15, 0.2) is 48.7 Å². The molecule has 1 heterocycles. The molecule has 0 saturated heterocycles. The van der Waals surface area contributed by atoms with Crippen molar-refractivity contribution in [3.63, 3.8) is 0 Å². The number of aromatic carboxylic acids is 1. The van der Waals surface area contributed by atoms with Crippen LogP contribution in [0.4, 0.5) is 5.69 Å². The number of H-pyrrole nitrogens is 1. The van der Waals surface area contributed by atoms with Crippen LogP contribution in [0.25, 0.3) is 10.9 Å². The molecule has 3 rings (SSSR count). The molecule has 3 N–H and O–H groups in total. The molecule has 5 nitrogen and oxygen atoms in total. The monoisotopic (exact) mass is 314 g/mol. The molecule has 0 unspecified atom stereocenters. The first-order chi connectivity index (χ1) is 10.5. The Hall–Kier alpha value is -2.79. The van der Waals surface area contributed by atoms with Crippen molar-refractivity contribution >= 4 is 40.1 Å². The highest BCUT2D eigenvalue weighted by molar-refractivity contribution is 6.33. The van der Waals surface area contributed by atoms with Crippen molar-refractivity contribution in [1.82, 2.24) is 4.98 Å². The Bertz CT molecular complexity index is 886. The molecule has 3 aromatic rings. The molecule has 2 aromatic carbocycles. The molecule has 1 amide bonds. The molecule has 0 bridgehead atoms. The van der Waals surface area contributed by atoms with Crippen molar-refractivity contribution in [2.24, 2.45) is 0 Å². The Labute approximate surface area is 130 Å². The van der Waals surface area contributed by atoms with Crippen molar-refractivity contribution in [1.29, 1.82) is 0 Å². The lowest BCUT2D eigenvalue weighted by Crippen LogP contribution is -2.12. The van der Waals surface area contributed by atoms with Crippen LogP contribution in [-0.4, -0.2) is 22.0 Å². The Balaban J connectivity index is 1.87. The standard InChI is InChI=1S/C16H11ClN2O3/c17-13-4-3-11(8-12(13)16(21)22)19-15(20)10-2-1-9-5-6-18-14(9)7-10/h1-8,18H,(H,19,20)(H,21,22). The number of benzene rings is 2. The second kappa shape index (κ2) is 5.54. The summed E-state index contributed by atoms with van der Waals surface area (Å²) in [6, 6.07) is 11.5. The third-order valence-electron chi connectivity index (χ3n) is 3.27. The van der Waals surface area contributed by atoms with Crippen LogP contribution >= 0.6 is 11.6 Å². The molecule has 0 aliphatic rings. The molecule has 1 aromatic heterocycles. The van der Waals surface area contributed by atoms with Gasteiger partial charge in [0, 0.05) is 23.0 Å². The van der Waals surface area contributed by atoms with Gasteiger partial charge in [-0.1, -0.05) is 17.7 Å². The summed E-state index contributed by atoms with van der Waals surface area (Å²) < 4.78 is 0. The van der Waals surface area contributed by atoms with Crippen LogP contribution in [0.3, 0.4) is 0 Å². The number of carbonyl (C=O) groups excluding carboxylic acids is 1. The van der Waals surface area contributed by atoms with Crippen LogP contribution in [-0.2, 0) is 0 Å². The first-order valence-electron chi connectivity index (χ1n) is 6.46. The molecule has 0 saturated carbocycles. The number of aromatic nitrogens is 1. The van der Waals surface area contributed by atoms with Gasteiger partial charge in [0.05, 0.1) is 10.6 Å². The number of carbonyl (C=O) groups is 2. The molecular weight excluding hydrogens is 304 g/mol. The van der Waals surface area contributed by atoms with Crippen LogP contribution < -0.4 is 5.32 Å². The average Bonchev–Trinajstić information content (AvgIpc) is 2.96. The number of hydrogen-bond acceptors (Lipinski definition) is 2. The Morgan fingerprint density at radius 3 is 2.68 bits per heavy atom. The summed E-state index contributed by atoms with van der Waals surface area (Å²) in [5, 5.41) is 12.8. The van der Waals surface area contributed by atoms with E-state index in [-0.39, 0.29) is 16.5 Å². The number of halogens is 1. The fourth-order valence-corrected chi connectivity index (χ4v) is 2.36. The summed E-state index contributed by atoms with van der Waals surface area (Å²) in [7, 11) is 0. The van der Waals surface area contributed by atoms with Crippen LogP contribution in [0.2, 0.25) is 5.02 Å². The summed E-state index contributed by atoms with van der Waals surface area (Å²) in [5.41, 5.74) is 1.65. The number of aromatic amines is 1. The van der Waals surface area contributed by atoms with Gasteiger partial charge in [0.2, 0.25) is 0 Å². The average molecular weight is 315 g/mol. The predicted octanol–water partition coefficient (Wildman–Crippen LogP) is 3.77. The van der Waals surface area contributed by atoms with Crippen molar-refractivity contribution in [3.8, 4) is 0 Å². The fourth-order valence-electron chi connectivity index (χ4n) is 2.16. The second-order valence-corrected chi connectivity index (χ2v) is 5.14. The zero-order valence-electron chi connectivity index (χ0n) is 11.3. The van der Waals surface area contributed by atoms with Gasteiger partial charge >= 0.3 is 5.97 Å². The number of anilines is 1. The van der Waals surface area contributed by atoms with E-state index in [1.54, 1.807) is 24.4 Å². The molecule has 0 fully saturated rings. The minimum atomic E-state index is -1.14. The van der Waals surface area contributed by atoms with Crippen LogP contribution in [0.5, 0.6) is 0 Å². The largest absolute Gasteiger partial charge is 0.478 e. The van der Waals surface area contributed by atoms with E-state index < -0.39 is 5.97 Å². The summed E-state index contributed by atoms with van der Waals surface area (Å²) in [4.78, 5) is 26.3. The van der Waals surface area contributed by atoms with Crippen molar-refractivity contribution in [2.45, 2.75) is 0 Å². The Morgan fingerprint density at radius 1 is 1.09 bits per heavy atom. The van der Waals surface area contributed by atoms with Crippen molar-refractivity contribution in [3.05, 3.63) is 64.8 Å². The van der Waals surface area contributed by atoms with E-state index in [4.69, 9.17) is 16.7 Å². The maximum absolute atomic E-state index is 12.2. The number of amides is 1. The van der Waals surface area contributed by atoms with E-state index in [9.17, 15) is 9.59 Å². The topological polar surface area (TPSA) is 82.2 Å². The summed E-state index contributed by atoms with van der Waals surface area (Å²) >= 11 is 5.80. The lowest BCUT2D eigenvalue weighted by atomic mass is 10.1. The smallest absolute Gasteiger partial charge is 0.337 e. The second-order valence-electron chi connectivity index (χ2n) is 4.73. The normalized spacial score (nSPS) is 10.6. The van der Waals surface area contributed by atoms with E-state index in [2.05, 4.69) is 10.3 Å². The summed E-state index contributed by atoms with van der Waals surface area (Å²) in [6.07, 6.45) is 1.80. The van der Waals surface area contributed by atoms with Crippen LogP contribution in [0.1, 0.15) is 20.7 Å². The van der Waals surface area contributed by atoms with Gasteiger partial charge in [0.1, 0.15) is 0 Å². The molecule has 0 atom stereocenters. The van der Waals surface area contributed by atoms with Gasteiger partial charge in [0.15, 0.2) is 0 Å². The fraction of sp³-hybridized carbons (Fsp3) is 0. The third-order valence-corrected chi connectivity index (χ3v) is 3.60. The SMILES string of the molecule is O=C(Nc1ccc(Cl)c(C(=O)O)c1)c1ccc2cc[nH]c2c1. The van der Waals surface area contributed by atoms with E-state index >= 15 is 0 Å². The van der Waals surface area contributed by atoms with Crippen LogP contribution in [0, 0.1) is 0 Å². The molecule has 0 spiro atoms. The van der Waals surface area contributed by atoms with Gasteiger partial charge in [-0.15, -0.1) is 0 Å². The van der Waals surface area contributed by atoms with Gasteiger partial charge in [-0.25, -0.2) is 4.79 Å². The Morgan fingerprint density at radius 2 is 1.91 bits per heavy atom. The molecule has 0 aliphatic heterocycles. The molecule has 0 aliphatic carbocycles. The maximum atomic E-state index is 12.2. The predicted molar refractivity (Wildman–Crippen MR) is 84.7 cm³/mol. The number of carboxylic acid groups (broad SMARTS) is 1. The maximum Gasteiger partial charge on any atom is 0.337 e. The minimum Gasteiger partial charge on any atom is -0.478 e. The van der Waals surface area contributed by atoms with E-state index in [1.807, 2.05) is 12.1 Å². The highest BCUT2D eigenvalue weighted by Gasteiger charge is 2.12. The highest BCUT2D eigenvalue weighted by atomic mass is 35.5. The molecule has 110 valence electrons.